The summed E-state index contributed by atoms with van der Waals surface area (Å²) in [7, 11) is 1.68. The van der Waals surface area contributed by atoms with E-state index in [4.69, 9.17) is 4.98 Å². The first-order valence-corrected chi connectivity index (χ1v) is 14.5. The number of ether oxygens (including phenoxy) is 1. The number of methoxy groups -OCH3 is 1. The van der Waals surface area contributed by atoms with E-state index in [0.717, 1.165) is 73.6 Å². The number of aryl methyl sites for hydroxylation is 2. The van der Waals surface area contributed by atoms with E-state index in [1.165, 1.54) is 5.56 Å². The zero-order chi connectivity index (χ0) is 29.8. The van der Waals surface area contributed by atoms with Gasteiger partial charge in [0.05, 0.1) is 17.6 Å². The van der Waals surface area contributed by atoms with Crippen LogP contribution in [-0.4, -0.2) is 63.7 Å². The molecule has 1 aliphatic rings. The number of carbonyl (C=O) groups excluding carboxylic acids is 1. The molecule has 0 aliphatic carbocycles. The van der Waals surface area contributed by atoms with Crippen molar-refractivity contribution in [2.75, 3.05) is 32.1 Å². The molecule has 1 saturated heterocycles. The Morgan fingerprint density at radius 3 is 2.34 bits per heavy atom. The summed E-state index contributed by atoms with van der Waals surface area (Å²) in [5.74, 6) is 0.912. The number of anilines is 1. The van der Waals surface area contributed by atoms with Crippen molar-refractivity contribution in [3.05, 3.63) is 82.7 Å². The van der Waals surface area contributed by atoms with Crippen LogP contribution in [0, 0.1) is 13.8 Å². The van der Waals surface area contributed by atoms with Gasteiger partial charge in [0.25, 0.3) is 0 Å². The number of aromatic nitrogens is 3. The summed E-state index contributed by atoms with van der Waals surface area (Å²) in [6.07, 6.45) is 2.89. The molecule has 8 nitrogen and oxygen atoms in total. The summed E-state index contributed by atoms with van der Waals surface area (Å²) in [5.41, 5.74) is 6.08. The average Bonchev–Trinajstić information content (AvgIpc) is 3.34. The summed E-state index contributed by atoms with van der Waals surface area (Å²) in [5, 5.41) is 14.1. The number of imidazole rings is 1. The molecule has 1 aliphatic heterocycles. The van der Waals surface area contributed by atoms with Crippen molar-refractivity contribution in [3.8, 4) is 5.75 Å². The van der Waals surface area contributed by atoms with Crippen LogP contribution in [0.5, 0.6) is 5.75 Å². The number of pyridine rings is 1. The minimum Gasteiger partial charge on any atom is -0.506 e. The molecule has 3 heterocycles. The van der Waals surface area contributed by atoms with Crippen molar-refractivity contribution < 1.29 is 14.6 Å². The number of benzene rings is 2. The summed E-state index contributed by atoms with van der Waals surface area (Å²) < 4.78 is 6.62. The number of piperidine rings is 1. The van der Waals surface area contributed by atoms with E-state index in [-0.39, 0.29) is 5.75 Å². The Morgan fingerprint density at radius 2 is 1.71 bits per heavy atom. The van der Waals surface area contributed by atoms with Crippen LogP contribution in [0.2, 0.25) is 0 Å². The molecule has 0 radical (unpaired) electrons. The predicted molar refractivity (Wildman–Crippen MR) is 167 cm³/mol. The monoisotopic (exact) mass is 559 g/mol. The molecule has 220 valence electrons. The zero-order valence-corrected chi connectivity index (χ0v) is 25.4. The number of nitrogens with one attached hydrogen (secondary N) is 1. The van der Waals surface area contributed by atoms with Gasteiger partial charge in [-0.25, -0.2) is 4.98 Å². The van der Waals surface area contributed by atoms with Crippen molar-refractivity contribution in [2.24, 2.45) is 0 Å². The number of likely N-dealkylation sites (tertiary alicyclic amines) is 1. The largest absolute Gasteiger partial charge is 0.506 e. The second-order valence-electron chi connectivity index (χ2n) is 10.0. The summed E-state index contributed by atoms with van der Waals surface area (Å²) in [4.78, 5) is 23.4. The molecule has 2 aromatic heterocycles. The number of rotatable bonds is 8. The van der Waals surface area contributed by atoms with E-state index in [1.54, 1.807) is 19.2 Å². The predicted octanol–water partition coefficient (Wildman–Crippen LogP) is 6.37. The number of hydrogen-bond donors (Lipinski definition) is 2. The molecule has 0 bridgehead atoms. The quantitative estimate of drug-likeness (QED) is 0.242. The second-order valence-corrected chi connectivity index (χ2v) is 10.0. The van der Waals surface area contributed by atoms with Crippen molar-refractivity contribution in [1.29, 1.82) is 0 Å². The zero-order valence-electron chi connectivity index (χ0n) is 25.4. The highest BCUT2D eigenvalue weighted by molar-refractivity contribution is 5.89. The van der Waals surface area contributed by atoms with Gasteiger partial charge in [-0.15, -0.1) is 0 Å². The van der Waals surface area contributed by atoms with Gasteiger partial charge in [0.15, 0.2) is 0 Å². The minimum atomic E-state index is 0.166. The van der Waals surface area contributed by atoms with E-state index in [9.17, 15) is 9.90 Å². The summed E-state index contributed by atoms with van der Waals surface area (Å²) in [6.45, 7) is 14.1. The summed E-state index contributed by atoms with van der Waals surface area (Å²) >= 11 is 0. The highest BCUT2D eigenvalue weighted by Gasteiger charge is 2.23. The lowest BCUT2D eigenvalue weighted by molar-refractivity contribution is 0.112. The molecule has 4 aromatic rings. The molecular weight excluding hydrogens is 514 g/mol. The van der Waals surface area contributed by atoms with Gasteiger partial charge in [0.2, 0.25) is 5.95 Å². The normalized spacial score (nSPS) is 13.6. The number of hydrogen-bond acceptors (Lipinski definition) is 7. The lowest BCUT2D eigenvalue weighted by atomic mass is 10.0. The van der Waals surface area contributed by atoms with Crippen LogP contribution >= 0.6 is 0 Å². The van der Waals surface area contributed by atoms with Crippen molar-refractivity contribution in [1.82, 2.24) is 19.4 Å². The smallest absolute Gasteiger partial charge is 0.204 e. The van der Waals surface area contributed by atoms with Gasteiger partial charge >= 0.3 is 0 Å². The van der Waals surface area contributed by atoms with E-state index in [1.807, 2.05) is 46.8 Å². The molecule has 0 atom stereocenters. The van der Waals surface area contributed by atoms with E-state index in [0.29, 0.717) is 23.8 Å². The SMILES string of the molecule is CC.CCOC.Cc1ccc(O)c(Cn2c(NC3CCN(Cc4ccccc4)CC3)nc3cc(C=O)cc(C)c32)n1. The highest BCUT2D eigenvalue weighted by atomic mass is 16.5. The first kappa shape index (κ1) is 31.8. The van der Waals surface area contributed by atoms with E-state index >= 15 is 0 Å². The fourth-order valence-electron chi connectivity index (χ4n) is 4.97. The Kier molecular flexibility index (Phi) is 12.3. The Morgan fingerprint density at radius 1 is 1.02 bits per heavy atom. The van der Waals surface area contributed by atoms with Crippen LogP contribution in [0.4, 0.5) is 5.95 Å². The molecule has 41 heavy (non-hydrogen) atoms. The third-order valence-corrected chi connectivity index (χ3v) is 7.05. The Hall–Kier alpha value is -3.75. The molecule has 8 heteroatoms. The van der Waals surface area contributed by atoms with Crippen molar-refractivity contribution >= 4 is 23.3 Å². The maximum Gasteiger partial charge on any atom is 0.204 e. The van der Waals surface area contributed by atoms with Gasteiger partial charge in [0, 0.05) is 50.7 Å². The lowest BCUT2D eigenvalue weighted by Gasteiger charge is -2.32. The van der Waals surface area contributed by atoms with Gasteiger partial charge in [-0.2, -0.15) is 0 Å². The Labute approximate surface area is 244 Å². The number of aromatic hydroxyl groups is 1. The number of nitrogens with zero attached hydrogens (tertiary/aromatic N) is 4. The lowest BCUT2D eigenvalue weighted by Crippen LogP contribution is -2.39. The van der Waals surface area contributed by atoms with Gasteiger partial charge < -0.3 is 19.7 Å². The average molecular weight is 560 g/mol. The van der Waals surface area contributed by atoms with Crippen LogP contribution in [-0.2, 0) is 17.8 Å². The Balaban J connectivity index is 0.000000710. The third kappa shape index (κ3) is 8.62. The molecule has 0 amide bonds. The standard InChI is InChI=1S/C28H31N5O2.C3H8O.C2H6/c1-19-14-22(18-34)15-24-27(19)33(17-25-26(35)9-8-20(2)29-25)28(31-24)30-23-10-12-32(13-11-23)16-21-6-4-3-5-7-21;1-3-4-2;1-2/h3-9,14-15,18,23,35H,10-13,16-17H2,1-2H3,(H,30,31);3H2,1-2H3;1-2H3. The molecule has 0 saturated carbocycles. The van der Waals surface area contributed by atoms with Gasteiger partial charge in [-0.1, -0.05) is 44.2 Å². The minimum absolute atomic E-state index is 0.166. The van der Waals surface area contributed by atoms with Gasteiger partial charge in [-0.3, -0.25) is 14.7 Å². The van der Waals surface area contributed by atoms with Crippen molar-refractivity contribution in [3.63, 3.8) is 0 Å². The highest BCUT2D eigenvalue weighted by Crippen LogP contribution is 2.29. The fourth-order valence-corrected chi connectivity index (χ4v) is 4.97. The fraction of sp³-hybridized carbons (Fsp3) is 0.424. The van der Waals surface area contributed by atoms with Crippen LogP contribution in [0.15, 0.2) is 54.6 Å². The van der Waals surface area contributed by atoms with Crippen LogP contribution < -0.4 is 5.32 Å². The molecule has 0 unspecified atom stereocenters. The first-order chi connectivity index (χ1) is 19.9. The molecular formula is C33H45N5O3. The molecule has 1 fully saturated rings. The maximum absolute atomic E-state index is 11.4. The molecule has 5 rings (SSSR count). The second kappa shape index (κ2) is 15.9. The van der Waals surface area contributed by atoms with Gasteiger partial charge in [-0.05, 0) is 69.0 Å². The topological polar surface area (TPSA) is 92.5 Å². The van der Waals surface area contributed by atoms with Gasteiger partial charge in [0.1, 0.15) is 17.7 Å². The summed E-state index contributed by atoms with van der Waals surface area (Å²) in [6, 6.07) is 18.1. The first-order valence-electron chi connectivity index (χ1n) is 14.5. The van der Waals surface area contributed by atoms with E-state index in [2.05, 4.69) is 54.8 Å². The molecule has 0 spiro atoms. The third-order valence-electron chi connectivity index (χ3n) is 7.05. The number of fused-ring (bicyclic) bond motifs is 1. The molecule has 2 N–H and O–H groups in total. The molecule has 2 aromatic carbocycles. The Bertz CT molecular complexity index is 1380. The van der Waals surface area contributed by atoms with E-state index < -0.39 is 0 Å². The van der Waals surface area contributed by atoms with Crippen LogP contribution in [0.1, 0.15) is 66.5 Å². The number of carbonyl (C=O) groups is 1. The van der Waals surface area contributed by atoms with Crippen LogP contribution in [0.3, 0.4) is 0 Å². The van der Waals surface area contributed by atoms with Crippen molar-refractivity contribution in [2.45, 2.75) is 66.6 Å². The number of aldehydes is 1. The van der Waals surface area contributed by atoms with Crippen LogP contribution in [0.25, 0.3) is 11.0 Å². The maximum atomic E-state index is 11.4.